The normalized spacial score (nSPS) is 21.9. The zero-order valence-electron chi connectivity index (χ0n) is 15.4. The minimum Gasteiger partial charge on any atom is -0.480 e. The average molecular weight is 373 g/mol. The SMILES string of the molecule is N[C@H](Cc1ccccc1)C(=O)N1CCC(C(=O)N2CCC[C@@H]2C(=O)O)CC1. The Morgan fingerprint density at radius 3 is 2.37 bits per heavy atom. The number of nitrogens with zero attached hydrogens (tertiary/aromatic N) is 2. The third kappa shape index (κ3) is 4.47. The first-order chi connectivity index (χ1) is 13.0. The highest BCUT2D eigenvalue weighted by molar-refractivity contribution is 5.86. The molecule has 2 fully saturated rings. The molecule has 0 saturated carbocycles. The van der Waals surface area contributed by atoms with Gasteiger partial charge in [0.15, 0.2) is 0 Å². The Kier molecular flexibility index (Phi) is 6.11. The monoisotopic (exact) mass is 373 g/mol. The van der Waals surface area contributed by atoms with Crippen molar-refractivity contribution in [3.05, 3.63) is 35.9 Å². The molecule has 27 heavy (non-hydrogen) atoms. The molecule has 0 radical (unpaired) electrons. The van der Waals surface area contributed by atoms with Crippen LogP contribution < -0.4 is 5.73 Å². The summed E-state index contributed by atoms with van der Waals surface area (Å²) < 4.78 is 0. The number of hydrogen-bond acceptors (Lipinski definition) is 4. The van der Waals surface area contributed by atoms with Gasteiger partial charge in [-0.05, 0) is 37.7 Å². The highest BCUT2D eigenvalue weighted by Crippen LogP contribution is 2.25. The fourth-order valence-electron chi connectivity index (χ4n) is 4.06. The van der Waals surface area contributed by atoms with E-state index in [2.05, 4.69) is 0 Å². The largest absolute Gasteiger partial charge is 0.480 e. The van der Waals surface area contributed by atoms with Crippen molar-refractivity contribution in [2.45, 2.75) is 44.2 Å². The van der Waals surface area contributed by atoms with Gasteiger partial charge >= 0.3 is 5.97 Å². The van der Waals surface area contributed by atoms with Crippen LogP contribution in [0, 0.1) is 5.92 Å². The second-order valence-corrected chi connectivity index (χ2v) is 7.42. The van der Waals surface area contributed by atoms with E-state index in [4.69, 9.17) is 5.73 Å². The Hall–Kier alpha value is -2.41. The first-order valence-electron chi connectivity index (χ1n) is 9.59. The topological polar surface area (TPSA) is 104 Å². The van der Waals surface area contributed by atoms with Gasteiger partial charge in [-0.1, -0.05) is 30.3 Å². The summed E-state index contributed by atoms with van der Waals surface area (Å²) >= 11 is 0. The lowest BCUT2D eigenvalue weighted by atomic mass is 9.94. The number of aliphatic carboxylic acids is 1. The van der Waals surface area contributed by atoms with Crippen LogP contribution in [-0.2, 0) is 20.8 Å². The Balaban J connectivity index is 1.51. The van der Waals surface area contributed by atoms with Gasteiger partial charge in [0.05, 0.1) is 6.04 Å². The number of amides is 2. The van der Waals surface area contributed by atoms with E-state index in [0.29, 0.717) is 45.3 Å². The van der Waals surface area contributed by atoms with Crippen molar-refractivity contribution < 1.29 is 19.5 Å². The minimum absolute atomic E-state index is 0.0828. The highest BCUT2D eigenvalue weighted by atomic mass is 16.4. The van der Waals surface area contributed by atoms with Crippen molar-refractivity contribution in [1.29, 1.82) is 0 Å². The van der Waals surface area contributed by atoms with Crippen molar-refractivity contribution in [3.63, 3.8) is 0 Å². The zero-order chi connectivity index (χ0) is 19.4. The van der Waals surface area contributed by atoms with Crippen LogP contribution in [0.25, 0.3) is 0 Å². The van der Waals surface area contributed by atoms with E-state index in [-0.39, 0.29) is 17.7 Å². The number of nitrogens with two attached hydrogens (primary N) is 1. The van der Waals surface area contributed by atoms with Crippen molar-refractivity contribution in [2.24, 2.45) is 11.7 Å². The summed E-state index contributed by atoms with van der Waals surface area (Å²) in [6, 6.07) is 8.39. The van der Waals surface area contributed by atoms with Crippen LogP contribution in [0.2, 0.25) is 0 Å². The van der Waals surface area contributed by atoms with Crippen LogP contribution in [0.1, 0.15) is 31.2 Å². The molecule has 7 nitrogen and oxygen atoms in total. The summed E-state index contributed by atoms with van der Waals surface area (Å²) in [6.07, 6.45) is 2.87. The molecule has 2 heterocycles. The number of benzene rings is 1. The maximum absolute atomic E-state index is 12.7. The van der Waals surface area contributed by atoms with Gasteiger partial charge in [0, 0.05) is 25.6 Å². The molecule has 2 saturated heterocycles. The smallest absolute Gasteiger partial charge is 0.326 e. The predicted octanol–water partition coefficient (Wildman–Crippen LogP) is 0.871. The Bertz CT molecular complexity index is 686. The Morgan fingerprint density at radius 1 is 1.07 bits per heavy atom. The summed E-state index contributed by atoms with van der Waals surface area (Å²) in [5.41, 5.74) is 7.12. The minimum atomic E-state index is -0.930. The number of likely N-dealkylation sites (tertiary alicyclic amines) is 2. The first kappa shape index (κ1) is 19.4. The molecule has 146 valence electrons. The molecule has 2 aliphatic heterocycles. The van der Waals surface area contributed by atoms with Gasteiger partial charge in [-0.3, -0.25) is 9.59 Å². The molecule has 0 bridgehead atoms. The third-order valence-corrected chi connectivity index (χ3v) is 5.59. The standard InChI is InChI=1S/C20H27N3O4/c21-16(13-14-5-2-1-3-6-14)19(25)22-11-8-15(9-12-22)18(24)23-10-4-7-17(23)20(26)27/h1-3,5-6,15-17H,4,7-13,21H2,(H,26,27)/t16-,17-/m1/s1. The molecule has 2 amide bonds. The average Bonchev–Trinajstić information content (AvgIpc) is 3.18. The molecule has 7 heteroatoms. The summed E-state index contributed by atoms with van der Waals surface area (Å²) in [7, 11) is 0. The van der Waals surface area contributed by atoms with Crippen LogP contribution in [0.15, 0.2) is 30.3 Å². The second kappa shape index (κ2) is 8.52. The molecule has 1 aromatic carbocycles. The summed E-state index contributed by atoms with van der Waals surface area (Å²) in [5.74, 6) is -1.31. The number of carbonyl (C=O) groups is 3. The van der Waals surface area contributed by atoms with Crippen LogP contribution in [-0.4, -0.2) is 64.4 Å². The quantitative estimate of drug-likeness (QED) is 0.797. The summed E-state index contributed by atoms with van der Waals surface area (Å²) in [6.45, 7) is 1.49. The Labute approximate surface area is 159 Å². The molecule has 3 rings (SSSR count). The number of rotatable bonds is 5. The third-order valence-electron chi connectivity index (χ3n) is 5.59. The molecule has 1 aromatic rings. The lowest BCUT2D eigenvalue weighted by Crippen LogP contribution is -2.51. The van der Waals surface area contributed by atoms with Gasteiger partial charge in [-0.15, -0.1) is 0 Å². The van der Waals surface area contributed by atoms with Gasteiger partial charge in [-0.25, -0.2) is 4.79 Å². The lowest BCUT2D eigenvalue weighted by Gasteiger charge is -2.35. The highest BCUT2D eigenvalue weighted by Gasteiger charge is 2.38. The molecular weight excluding hydrogens is 346 g/mol. The maximum atomic E-state index is 12.7. The van der Waals surface area contributed by atoms with E-state index in [1.54, 1.807) is 4.90 Å². The zero-order valence-corrected chi connectivity index (χ0v) is 15.4. The predicted molar refractivity (Wildman–Crippen MR) is 99.8 cm³/mol. The van der Waals surface area contributed by atoms with Gasteiger partial charge in [0.1, 0.15) is 6.04 Å². The van der Waals surface area contributed by atoms with Crippen LogP contribution in [0.4, 0.5) is 0 Å². The van der Waals surface area contributed by atoms with Crippen molar-refractivity contribution in [1.82, 2.24) is 9.80 Å². The molecule has 0 spiro atoms. The fraction of sp³-hybridized carbons (Fsp3) is 0.550. The first-order valence-corrected chi connectivity index (χ1v) is 9.59. The number of hydrogen-bond donors (Lipinski definition) is 2. The fourth-order valence-corrected chi connectivity index (χ4v) is 4.06. The number of carbonyl (C=O) groups excluding carboxylic acids is 2. The van der Waals surface area contributed by atoms with Gasteiger partial charge < -0.3 is 20.6 Å². The van der Waals surface area contributed by atoms with E-state index in [1.807, 2.05) is 30.3 Å². The van der Waals surface area contributed by atoms with Crippen LogP contribution >= 0.6 is 0 Å². The molecule has 0 unspecified atom stereocenters. The van der Waals surface area contributed by atoms with Crippen molar-refractivity contribution in [3.8, 4) is 0 Å². The van der Waals surface area contributed by atoms with E-state index < -0.39 is 18.1 Å². The van der Waals surface area contributed by atoms with Crippen molar-refractivity contribution >= 4 is 17.8 Å². The van der Waals surface area contributed by atoms with E-state index in [0.717, 1.165) is 12.0 Å². The van der Waals surface area contributed by atoms with Crippen molar-refractivity contribution in [2.75, 3.05) is 19.6 Å². The number of carboxylic acids is 1. The molecular formula is C20H27N3O4. The Morgan fingerprint density at radius 2 is 1.74 bits per heavy atom. The molecule has 2 atom stereocenters. The molecule has 0 aromatic heterocycles. The second-order valence-electron chi connectivity index (χ2n) is 7.42. The van der Waals surface area contributed by atoms with E-state index in [9.17, 15) is 19.5 Å². The maximum Gasteiger partial charge on any atom is 0.326 e. The number of carboxylic acid groups (broad SMARTS) is 1. The van der Waals surface area contributed by atoms with Gasteiger partial charge in [-0.2, -0.15) is 0 Å². The number of piperidine rings is 1. The lowest BCUT2D eigenvalue weighted by molar-refractivity contribution is -0.151. The molecule has 3 N–H and O–H groups in total. The van der Waals surface area contributed by atoms with Gasteiger partial charge in [0.2, 0.25) is 11.8 Å². The van der Waals surface area contributed by atoms with E-state index >= 15 is 0 Å². The molecule has 2 aliphatic rings. The summed E-state index contributed by atoms with van der Waals surface area (Å²) in [4.78, 5) is 39.8. The van der Waals surface area contributed by atoms with Gasteiger partial charge in [0.25, 0.3) is 0 Å². The molecule has 0 aliphatic carbocycles. The van der Waals surface area contributed by atoms with Crippen LogP contribution in [0.3, 0.4) is 0 Å². The van der Waals surface area contributed by atoms with Crippen LogP contribution in [0.5, 0.6) is 0 Å². The summed E-state index contributed by atoms with van der Waals surface area (Å²) in [5, 5.41) is 9.27. The van der Waals surface area contributed by atoms with E-state index in [1.165, 1.54) is 4.90 Å².